The highest BCUT2D eigenvalue weighted by Gasteiger charge is 2.24. The minimum Gasteiger partial charge on any atom is -0.454 e. The van der Waals surface area contributed by atoms with Crippen LogP contribution in [0.3, 0.4) is 0 Å². The lowest BCUT2D eigenvalue weighted by Crippen LogP contribution is -2.40. The number of fused-ring (bicyclic) bond motifs is 1. The molecule has 2 rings (SSSR count). The minimum absolute atomic E-state index is 0.282. The van der Waals surface area contributed by atoms with Crippen molar-refractivity contribution < 1.29 is 14.3 Å². The molecule has 4 N–H and O–H groups in total. The van der Waals surface area contributed by atoms with Crippen LogP contribution in [-0.4, -0.2) is 38.3 Å². The fraction of sp³-hybridized carbons (Fsp3) is 0.529. The third kappa shape index (κ3) is 4.78. The van der Waals surface area contributed by atoms with E-state index in [0.717, 1.165) is 30.0 Å². The number of nitrogens with zero attached hydrogens (tertiary/aromatic N) is 1. The number of carbonyl (C=O) groups is 1. The topological polar surface area (TPSA) is 98.0 Å². The Hall–Kier alpha value is -2.44. The second-order valence-corrected chi connectivity index (χ2v) is 6.31. The third-order valence-corrected chi connectivity index (χ3v) is 3.79. The van der Waals surface area contributed by atoms with Crippen molar-refractivity contribution in [3.05, 3.63) is 23.8 Å². The van der Waals surface area contributed by atoms with Gasteiger partial charge in [-0.2, -0.15) is 0 Å². The van der Waals surface area contributed by atoms with Gasteiger partial charge in [0, 0.05) is 13.1 Å². The van der Waals surface area contributed by atoms with Gasteiger partial charge >= 0.3 is 0 Å². The van der Waals surface area contributed by atoms with E-state index >= 15 is 0 Å². The largest absolute Gasteiger partial charge is 0.454 e. The van der Waals surface area contributed by atoms with E-state index in [4.69, 9.17) is 15.2 Å². The quantitative estimate of drug-likeness (QED) is 0.511. The van der Waals surface area contributed by atoms with Gasteiger partial charge in [0.05, 0.1) is 12.0 Å². The van der Waals surface area contributed by atoms with Crippen molar-refractivity contribution in [3.63, 3.8) is 0 Å². The zero-order valence-corrected chi connectivity index (χ0v) is 14.5. The summed E-state index contributed by atoms with van der Waals surface area (Å²) in [5, 5.41) is 6.43. The second-order valence-electron chi connectivity index (χ2n) is 6.31. The molecule has 0 radical (unpaired) electrons. The Balaban J connectivity index is 1.88. The molecular formula is C17H26N4O3. The molecular weight excluding hydrogens is 308 g/mol. The molecule has 0 aliphatic carbocycles. The highest BCUT2D eigenvalue weighted by molar-refractivity contribution is 5.82. The number of guanidine groups is 1. The first-order valence-electron chi connectivity index (χ1n) is 8.13. The fourth-order valence-corrected chi connectivity index (χ4v) is 2.12. The van der Waals surface area contributed by atoms with Gasteiger partial charge < -0.3 is 25.8 Å². The number of hydrogen-bond acceptors (Lipinski definition) is 4. The number of rotatable bonds is 7. The molecule has 0 spiro atoms. The molecule has 0 atom stereocenters. The molecule has 0 fully saturated rings. The Labute approximate surface area is 142 Å². The minimum atomic E-state index is -0.667. The number of nitrogens with two attached hydrogens (primary N) is 1. The van der Waals surface area contributed by atoms with Gasteiger partial charge in [0.1, 0.15) is 0 Å². The molecule has 0 aromatic heterocycles. The Morgan fingerprint density at radius 1 is 1.29 bits per heavy atom. The zero-order valence-electron chi connectivity index (χ0n) is 14.5. The van der Waals surface area contributed by atoms with Crippen LogP contribution in [0.25, 0.3) is 0 Å². The molecule has 7 heteroatoms. The molecule has 1 heterocycles. The summed E-state index contributed by atoms with van der Waals surface area (Å²) in [6.07, 6.45) is 0.820. The number of carbonyl (C=O) groups excluding carboxylic acids is 1. The lowest BCUT2D eigenvalue weighted by molar-refractivity contribution is -0.125. The number of primary amides is 1. The average molecular weight is 334 g/mol. The Kier molecular flexibility index (Phi) is 5.89. The average Bonchev–Trinajstić information content (AvgIpc) is 3.00. The van der Waals surface area contributed by atoms with E-state index in [0.29, 0.717) is 19.0 Å². The highest BCUT2D eigenvalue weighted by atomic mass is 16.7. The van der Waals surface area contributed by atoms with E-state index in [-0.39, 0.29) is 12.7 Å². The van der Waals surface area contributed by atoms with Gasteiger partial charge in [-0.1, -0.05) is 6.07 Å². The highest BCUT2D eigenvalue weighted by Crippen LogP contribution is 2.32. The first-order chi connectivity index (χ1) is 11.4. The van der Waals surface area contributed by atoms with E-state index in [1.807, 2.05) is 25.1 Å². The first kappa shape index (κ1) is 17.9. The molecule has 0 bridgehead atoms. The summed E-state index contributed by atoms with van der Waals surface area (Å²) in [6.45, 7) is 7.64. The standard InChI is InChI=1S/C17H26N4O3/c1-4-19-16(21-10-17(2,3)15(18)22)20-8-7-12-5-6-13-14(9-12)24-11-23-13/h5-6,9H,4,7-8,10-11H2,1-3H3,(H2,18,22)(H2,19,20,21). The van der Waals surface area contributed by atoms with Gasteiger partial charge in [-0.05, 0) is 44.9 Å². The summed E-state index contributed by atoms with van der Waals surface area (Å²) >= 11 is 0. The van der Waals surface area contributed by atoms with Crippen LogP contribution in [0.5, 0.6) is 11.5 Å². The number of nitrogens with one attached hydrogen (secondary N) is 2. The monoisotopic (exact) mass is 334 g/mol. The van der Waals surface area contributed by atoms with Crippen molar-refractivity contribution in [2.45, 2.75) is 27.2 Å². The maximum absolute atomic E-state index is 11.4. The van der Waals surface area contributed by atoms with Crippen LogP contribution >= 0.6 is 0 Å². The molecule has 1 aromatic carbocycles. The lowest BCUT2D eigenvalue weighted by Gasteiger charge is -2.19. The van der Waals surface area contributed by atoms with Crippen LogP contribution in [-0.2, 0) is 11.2 Å². The molecule has 1 aromatic rings. The van der Waals surface area contributed by atoms with Crippen LogP contribution in [0, 0.1) is 5.41 Å². The number of amides is 1. The van der Waals surface area contributed by atoms with Crippen LogP contribution in [0.2, 0.25) is 0 Å². The number of benzene rings is 1. The summed E-state index contributed by atoms with van der Waals surface area (Å²) in [5.41, 5.74) is 5.87. The van der Waals surface area contributed by atoms with Crippen molar-refractivity contribution >= 4 is 11.9 Å². The summed E-state index contributed by atoms with van der Waals surface area (Å²) in [5.74, 6) is 1.89. The van der Waals surface area contributed by atoms with Gasteiger partial charge in [-0.25, -0.2) is 0 Å². The van der Waals surface area contributed by atoms with Gasteiger partial charge in [0.15, 0.2) is 17.5 Å². The number of ether oxygens (including phenoxy) is 2. The van der Waals surface area contributed by atoms with Gasteiger partial charge in [-0.15, -0.1) is 0 Å². The van der Waals surface area contributed by atoms with E-state index in [2.05, 4.69) is 15.6 Å². The van der Waals surface area contributed by atoms with Crippen LogP contribution in [0.15, 0.2) is 23.2 Å². The third-order valence-electron chi connectivity index (χ3n) is 3.79. The molecule has 0 unspecified atom stereocenters. The van der Waals surface area contributed by atoms with Crippen molar-refractivity contribution in [2.75, 3.05) is 26.4 Å². The molecule has 1 aliphatic heterocycles. The number of hydrogen-bond donors (Lipinski definition) is 3. The summed E-state index contributed by atoms with van der Waals surface area (Å²) in [4.78, 5) is 15.8. The lowest BCUT2D eigenvalue weighted by atomic mass is 9.93. The van der Waals surface area contributed by atoms with Gasteiger partial charge in [0.2, 0.25) is 12.7 Å². The van der Waals surface area contributed by atoms with Crippen molar-refractivity contribution in [2.24, 2.45) is 16.1 Å². The van der Waals surface area contributed by atoms with Crippen molar-refractivity contribution in [1.82, 2.24) is 10.6 Å². The Bertz CT molecular complexity index is 614. The van der Waals surface area contributed by atoms with Crippen molar-refractivity contribution in [1.29, 1.82) is 0 Å². The smallest absolute Gasteiger partial charge is 0.231 e. The normalized spacial score (nSPS) is 13.7. The molecule has 1 aliphatic rings. The maximum Gasteiger partial charge on any atom is 0.231 e. The van der Waals surface area contributed by atoms with Gasteiger partial charge in [-0.3, -0.25) is 9.79 Å². The van der Waals surface area contributed by atoms with E-state index < -0.39 is 5.41 Å². The molecule has 0 saturated heterocycles. The summed E-state index contributed by atoms with van der Waals surface area (Å²) < 4.78 is 10.7. The molecule has 24 heavy (non-hydrogen) atoms. The second kappa shape index (κ2) is 7.90. The van der Waals surface area contributed by atoms with E-state index in [9.17, 15) is 4.79 Å². The molecule has 1 amide bonds. The molecule has 132 valence electrons. The van der Waals surface area contributed by atoms with Crippen LogP contribution < -0.4 is 25.8 Å². The Morgan fingerprint density at radius 2 is 2.04 bits per heavy atom. The fourth-order valence-electron chi connectivity index (χ4n) is 2.12. The SMILES string of the molecule is CCNC(=NCC(C)(C)C(N)=O)NCCc1ccc2c(c1)OCO2. The molecule has 0 saturated carbocycles. The Morgan fingerprint density at radius 3 is 2.75 bits per heavy atom. The van der Waals surface area contributed by atoms with Gasteiger partial charge in [0.25, 0.3) is 0 Å². The van der Waals surface area contributed by atoms with Crippen LogP contribution in [0.1, 0.15) is 26.3 Å². The molecule has 7 nitrogen and oxygen atoms in total. The zero-order chi connectivity index (χ0) is 17.6. The predicted octanol–water partition coefficient (Wildman–Crippen LogP) is 1.02. The van der Waals surface area contributed by atoms with Crippen molar-refractivity contribution in [3.8, 4) is 11.5 Å². The van der Waals surface area contributed by atoms with E-state index in [1.54, 1.807) is 13.8 Å². The summed E-state index contributed by atoms with van der Waals surface area (Å²) in [6, 6.07) is 5.94. The first-order valence-corrected chi connectivity index (χ1v) is 8.13. The number of aliphatic imine (C=N–C) groups is 1. The summed E-state index contributed by atoms with van der Waals surface area (Å²) in [7, 11) is 0. The maximum atomic E-state index is 11.4. The van der Waals surface area contributed by atoms with Crippen LogP contribution in [0.4, 0.5) is 0 Å². The van der Waals surface area contributed by atoms with E-state index in [1.165, 1.54) is 0 Å². The predicted molar refractivity (Wildman–Crippen MR) is 93.2 cm³/mol.